The number of likely N-dealkylation sites (tertiary alicyclic amines) is 1. The predicted molar refractivity (Wildman–Crippen MR) is 54.4 cm³/mol. The van der Waals surface area contributed by atoms with Crippen LogP contribution in [0.3, 0.4) is 0 Å². The molecule has 0 bridgehead atoms. The Kier molecular flexibility index (Phi) is 3.94. The van der Waals surface area contributed by atoms with Crippen LogP contribution >= 0.6 is 0 Å². The molecule has 1 fully saturated rings. The van der Waals surface area contributed by atoms with Gasteiger partial charge in [0.2, 0.25) is 5.91 Å². The first kappa shape index (κ1) is 11.0. The summed E-state index contributed by atoms with van der Waals surface area (Å²) in [6, 6.07) is 1.91. The van der Waals surface area contributed by atoms with E-state index in [4.69, 9.17) is 5.26 Å². The van der Waals surface area contributed by atoms with Crippen molar-refractivity contribution >= 4 is 5.91 Å². The average molecular weight is 194 g/mol. The van der Waals surface area contributed by atoms with Crippen LogP contribution in [0.1, 0.15) is 33.1 Å². The van der Waals surface area contributed by atoms with E-state index in [0.29, 0.717) is 11.8 Å². The normalized spacial score (nSPS) is 23.2. The summed E-state index contributed by atoms with van der Waals surface area (Å²) < 4.78 is 0. The fraction of sp³-hybridized carbons (Fsp3) is 0.818. The van der Waals surface area contributed by atoms with Gasteiger partial charge >= 0.3 is 0 Å². The van der Waals surface area contributed by atoms with Gasteiger partial charge in [0, 0.05) is 13.1 Å². The first-order chi connectivity index (χ1) is 6.69. The molecule has 1 rings (SSSR count). The molecule has 0 aromatic heterocycles. The zero-order valence-corrected chi connectivity index (χ0v) is 8.99. The van der Waals surface area contributed by atoms with Gasteiger partial charge < -0.3 is 4.90 Å². The maximum absolute atomic E-state index is 11.4. The average Bonchev–Trinajstić information content (AvgIpc) is 2.66. The van der Waals surface area contributed by atoms with Crippen molar-refractivity contribution in [1.29, 1.82) is 5.26 Å². The van der Waals surface area contributed by atoms with E-state index in [1.807, 2.05) is 11.0 Å². The molecule has 3 heteroatoms. The SMILES string of the molecule is CCC(C)C1CCN(C(=O)CC#N)C1. The molecule has 1 heterocycles. The maximum atomic E-state index is 11.4. The molecule has 2 unspecified atom stereocenters. The summed E-state index contributed by atoms with van der Waals surface area (Å²) in [5.74, 6) is 1.33. The fourth-order valence-electron chi connectivity index (χ4n) is 1.99. The predicted octanol–water partition coefficient (Wildman–Crippen LogP) is 1.79. The topological polar surface area (TPSA) is 44.1 Å². The van der Waals surface area contributed by atoms with Crippen molar-refractivity contribution in [2.45, 2.75) is 33.1 Å². The van der Waals surface area contributed by atoms with Crippen molar-refractivity contribution < 1.29 is 4.79 Å². The van der Waals surface area contributed by atoms with Crippen molar-refractivity contribution in [1.82, 2.24) is 4.90 Å². The molecule has 1 aliphatic rings. The first-order valence-electron chi connectivity index (χ1n) is 5.33. The van der Waals surface area contributed by atoms with Gasteiger partial charge in [-0.05, 0) is 18.3 Å². The van der Waals surface area contributed by atoms with Crippen LogP contribution < -0.4 is 0 Å². The number of carbonyl (C=O) groups excluding carboxylic acids is 1. The van der Waals surface area contributed by atoms with Crippen LogP contribution in [-0.2, 0) is 4.79 Å². The molecular weight excluding hydrogens is 176 g/mol. The Morgan fingerprint density at radius 1 is 1.71 bits per heavy atom. The monoisotopic (exact) mass is 194 g/mol. The molecule has 0 saturated carbocycles. The van der Waals surface area contributed by atoms with E-state index in [9.17, 15) is 4.79 Å². The highest BCUT2D eigenvalue weighted by molar-refractivity contribution is 5.78. The first-order valence-corrected chi connectivity index (χ1v) is 5.33. The molecule has 0 N–H and O–H groups in total. The summed E-state index contributed by atoms with van der Waals surface area (Å²) in [5, 5.41) is 8.42. The number of nitrogens with zero attached hydrogens (tertiary/aromatic N) is 2. The molecule has 0 spiro atoms. The molecule has 14 heavy (non-hydrogen) atoms. The van der Waals surface area contributed by atoms with E-state index < -0.39 is 0 Å². The van der Waals surface area contributed by atoms with Gasteiger partial charge in [-0.2, -0.15) is 5.26 Å². The van der Waals surface area contributed by atoms with Crippen molar-refractivity contribution in [3.63, 3.8) is 0 Å². The number of hydrogen-bond acceptors (Lipinski definition) is 2. The second-order valence-corrected chi connectivity index (χ2v) is 4.11. The van der Waals surface area contributed by atoms with Gasteiger partial charge in [0.05, 0.1) is 6.07 Å². The Labute approximate surface area is 85.7 Å². The van der Waals surface area contributed by atoms with Gasteiger partial charge in [-0.15, -0.1) is 0 Å². The summed E-state index contributed by atoms with van der Waals surface area (Å²) >= 11 is 0. The van der Waals surface area contributed by atoms with Crippen LogP contribution in [-0.4, -0.2) is 23.9 Å². The number of nitriles is 1. The summed E-state index contributed by atoms with van der Waals surface area (Å²) in [4.78, 5) is 13.2. The summed E-state index contributed by atoms with van der Waals surface area (Å²) in [7, 11) is 0. The lowest BCUT2D eigenvalue weighted by molar-refractivity contribution is -0.129. The quantitative estimate of drug-likeness (QED) is 0.687. The number of carbonyl (C=O) groups is 1. The van der Waals surface area contributed by atoms with Crippen LogP contribution in [0.2, 0.25) is 0 Å². The van der Waals surface area contributed by atoms with Gasteiger partial charge in [-0.25, -0.2) is 0 Å². The van der Waals surface area contributed by atoms with Crippen molar-refractivity contribution in [3.05, 3.63) is 0 Å². The Bertz CT molecular complexity index is 244. The molecule has 1 amide bonds. The van der Waals surface area contributed by atoms with Crippen LogP contribution in [0.15, 0.2) is 0 Å². The zero-order valence-electron chi connectivity index (χ0n) is 8.99. The van der Waals surface area contributed by atoms with Gasteiger partial charge in [0.25, 0.3) is 0 Å². The summed E-state index contributed by atoms with van der Waals surface area (Å²) in [6.07, 6.45) is 2.31. The van der Waals surface area contributed by atoms with Gasteiger partial charge in [-0.3, -0.25) is 4.79 Å². The second-order valence-electron chi connectivity index (χ2n) is 4.11. The molecule has 3 nitrogen and oxygen atoms in total. The fourth-order valence-corrected chi connectivity index (χ4v) is 1.99. The lowest BCUT2D eigenvalue weighted by Crippen LogP contribution is -2.28. The van der Waals surface area contributed by atoms with E-state index >= 15 is 0 Å². The Morgan fingerprint density at radius 2 is 2.43 bits per heavy atom. The highest BCUT2D eigenvalue weighted by Crippen LogP contribution is 2.26. The molecule has 0 aliphatic carbocycles. The third kappa shape index (κ3) is 2.47. The Balaban J connectivity index is 2.41. The lowest BCUT2D eigenvalue weighted by Gasteiger charge is -2.18. The van der Waals surface area contributed by atoms with E-state index in [-0.39, 0.29) is 12.3 Å². The molecule has 0 aromatic carbocycles. The number of rotatable bonds is 3. The van der Waals surface area contributed by atoms with Crippen molar-refractivity contribution in [3.8, 4) is 6.07 Å². The minimum atomic E-state index is -0.00157. The van der Waals surface area contributed by atoms with E-state index in [1.165, 1.54) is 6.42 Å². The summed E-state index contributed by atoms with van der Waals surface area (Å²) in [6.45, 7) is 6.12. The van der Waals surface area contributed by atoms with Gasteiger partial charge in [0.15, 0.2) is 0 Å². The zero-order chi connectivity index (χ0) is 10.6. The highest BCUT2D eigenvalue weighted by atomic mass is 16.2. The largest absolute Gasteiger partial charge is 0.342 e. The lowest BCUT2D eigenvalue weighted by atomic mass is 9.91. The molecule has 1 saturated heterocycles. The van der Waals surface area contributed by atoms with Crippen LogP contribution in [0.5, 0.6) is 0 Å². The Morgan fingerprint density at radius 3 is 3.00 bits per heavy atom. The third-order valence-corrected chi connectivity index (χ3v) is 3.26. The second kappa shape index (κ2) is 4.99. The molecule has 2 atom stereocenters. The minimum absolute atomic E-state index is 0.00157. The molecule has 0 radical (unpaired) electrons. The van der Waals surface area contributed by atoms with Crippen LogP contribution in [0.25, 0.3) is 0 Å². The van der Waals surface area contributed by atoms with E-state index in [0.717, 1.165) is 19.5 Å². The number of amides is 1. The van der Waals surface area contributed by atoms with Gasteiger partial charge in [-0.1, -0.05) is 20.3 Å². The van der Waals surface area contributed by atoms with E-state index in [1.54, 1.807) is 0 Å². The van der Waals surface area contributed by atoms with Crippen molar-refractivity contribution in [2.24, 2.45) is 11.8 Å². The highest BCUT2D eigenvalue weighted by Gasteiger charge is 2.28. The molecular formula is C11H18N2O. The number of hydrogen-bond donors (Lipinski definition) is 0. The molecule has 78 valence electrons. The molecule has 0 aromatic rings. The standard InChI is InChI=1S/C11H18N2O/c1-3-9(2)10-5-7-13(8-10)11(14)4-6-12/h9-10H,3-5,7-8H2,1-2H3. The van der Waals surface area contributed by atoms with Crippen LogP contribution in [0, 0.1) is 23.2 Å². The van der Waals surface area contributed by atoms with E-state index in [2.05, 4.69) is 13.8 Å². The third-order valence-electron chi connectivity index (χ3n) is 3.26. The van der Waals surface area contributed by atoms with Crippen molar-refractivity contribution in [2.75, 3.05) is 13.1 Å². The summed E-state index contributed by atoms with van der Waals surface area (Å²) in [5.41, 5.74) is 0. The maximum Gasteiger partial charge on any atom is 0.236 e. The minimum Gasteiger partial charge on any atom is -0.342 e. The van der Waals surface area contributed by atoms with Crippen LogP contribution in [0.4, 0.5) is 0 Å². The van der Waals surface area contributed by atoms with Gasteiger partial charge in [0.1, 0.15) is 6.42 Å². The Hall–Kier alpha value is -1.04. The smallest absolute Gasteiger partial charge is 0.236 e. The molecule has 1 aliphatic heterocycles.